The van der Waals surface area contributed by atoms with Gasteiger partial charge in [0.05, 0.1) is 11.3 Å². The van der Waals surface area contributed by atoms with Crippen molar-refractivity contribution in [1.29, 1.82) is 0 Å². The molecule has 8 heteroatoms. The van der Waals surface area contributed by atoms with Crippen LogP contribution in [0.25, 0.3) is 0 Å². The van der Waals surface area contributed by atoms with Gasteiger partial charge < -0.3 is 15.4 Å². The molecule has 4 rings (SSSR count). The standard InChI is InChI=1S/C21H18N2O5S/c24-17(13-1-4-15-12(9-13)3-6-19(25)22-15)11-28-21(27)14-2-5-18-16(10-14)23-20(26)7-8-29-18/h1-2,4-5,9-10H,3,6-8,11H2,(H,22,25)(H,23,26). The van der Waals surface area contributed by atoms with E-state index in [0.717, 1.165) is 10.5 Å². The first-order chi connectivity index (χ1) is 14.0. The van der Waals surface area contributed by atoms with Crippen molar-refractivity contribution in [3.05, 3.63) is 53.1 Å². The maximum atomic E-state index is 12.4. The molecule has 0 saturated carbocycles. The number of anilines is 2. The van der Waals surface area contributed by atoms with Gasteiger partial charge in [0.2, 0.25) is 11.8 Å². The fraction of sp³-hybridized carbons (Fsp3) is 0.238. The van der Waals surface area contributed by atoms with E-state index in [1.165, 1.54) is 0 Å². The van der Waals surface area contributed by atoms with Crippen LogP contribution in [0.2, 0.25) is 0 Å². The second-order valence-electron chi connectivity index (χ2n) is 6.78. The molecule has 2 aromatic carbocycles. The molecule has 0 atom stereocenters. The van der Waals surface area contributed by atoms with Crippen LogP contribution in [-0.4, -0.2) is 35.9 Å². The molecule has 0 bridgehead atoms. The predicted octanol–water partition coefficient (Wildman–Crippen LogP) is 3.05. The summed E-state index contributed by atoms with van der Waals surface area (Å²) >= 11 is 1.54. The molecule has 0 aromatic heterocycles. The molecule has 2 N–H and O–H groups in total. The number of hydrogen-bond donors (Lipinski definition) is 2. The van der Waals surface area contributed by atoms with Crippen molar-refractivity contribution in [1.82, 2.24) is 0 Å². The van der Waals surface area contributed by atoms with Gasteiger partial charge in [-0.3, -0.25) is 14.4 Å². The minimum absolute atomic E-state index is 0.0409. The van der Waals surface area contributed by atoms with Crippen molar-refractivity contribution in [2.45, 2.75) is 24.2 Å². The second kappa shape index (κ2) is 8.08. The van der Waals surface area contributed by atoms with Crippen molar-refractivity contribution < 1.29 is 23.9 Å². The van der Waals surface area contributed by atoms with Gasteiger partial charge in [-0.25, -0.2) is 4.79 Å². The Bertz CT molecular complexity index is 1030. The summed E-state index contributed by atoms with van der Waals surface area (Å²) in [5.74, 6) is -0.408. The average Bonchev–Trinajstić information content (AvgIpc) is 2.91. The number of fused-ring (bicyclic) bond motifs is 2. The lowest BCUT2D eigenvalue weighted by molar-refractivity contribution is -0.117. The first-order valence-electron chi connectivity index (χ1n) is 9.19. The van der Waals surface area contributed by atoms with Gasteiger partial charge in [-0.1, -0.05) is 0 Å². The van der Waals surface area contributed by atoms with Gasteiger partial charge in [0.15, 0.2) is 12.4 Å². The Balaban J connectivity index is 1.41. The Labute approximate surface area is 171 Å². The first kappa shape index (κ1) is 19.2. The maximum absolute atomic E-state index is 12.4. The third-order valence-corrected chi connectivity index (χ3v) is 5.81. The summed E-state index contributed by atoms with van der Waals surface area (Å²) in [6.07, 6.45) is 1.37. The van der Waals surface area contributed by atoms with Crippen molar-refractivity contribution in [2.24, 2.45) is 0 Å². The molecule has 29 heavy (non-hydrogen) atoms. The summed E-state index contributed by atoms with van der Waals surface area (Å²) in [6, 6.07) is 9.98. The van der Waals surface area contributed by atoms with Crippen LogP contribution in [0.4, 0.5) is 11.4 Å². The number of esters is 1. The van der Waals surface area contributed by atoms with Crippen LogP contribution in [0, 0.1) is 0 Å². The summed E-state index contributed by atoms with van der Waals surface area (Å²) in [6.45, 7) is -0.387. The van der Waals surface area contributed by atoms with E-state index in [0.29, 0.717) is 42.0 Å². The third-order valence-electron chi connectivity index (χ3n) is 4.73. The van der Waals surface area contributed by atoms with Gasteiger partial charge in [-0.15, -0.1) is 11.8 Å². The quantitative estimate of drug-likeness (QED) is 0.593. The number of aryl methyl sites for hydroxylation is 1. The summed E-state index contributed by atoms with van der Waals surface area (Å²) in [7, 11) is 0. The topological polar surface area (TPSA) is 102 Å². The van der Waals surface area contributed by atoms with E-state index < -0.39 is 5.97 Å². The highest BCUT2D eigenvalue weighted by Gasteiger charge is 2.19. The zero-order chi connectivity index (χ0) is 20.4. The SMILES string of the molecule is O=C1CCc2cc(C(=O)COC(=O)c3ccc4c(c3)NC(=O)CCS4)ccc2N1. The van der Waals surface area contributed by atoms with E-state index in [-0.39, 0.29) is 29.8 Å². The fourth-order valence-electron chi connectivity index (χ4n) is 3.20. The molecule has 7 nitrogen and oxygen atoms in total. The molecule has 148 valence electrons. The summed E-state index contributed by atoms with van der Waals surface area (Å²) in [5, 5.41) is 5.54. The van der Waals surface area contributed by atoms with E-state index in [1.54, 1.807) is 48.2 Å². The van der Waals surface area contributed by atoms with E-state index >= 15 is 0 Å². The Morgan fingerprint density at radius 3 is 2.52 bits per heavy atom. The van der Waals surface area contributed by atoms with E-state index in [2.05, 4.69) is 10.6 Å². The van der Waals surface area contributed by atoms with Gasteiger partial charge in [0, 0.05) is 34.7 Å². The average molecular weight is 410 g/mol. The van der Waals surface area contributed by atoms with Crippen LogP contribution in [-0.2, 0) is 20.7 Å². The number of carbonyl (C=O) groups is 4. The number of thioether (sulfide) groups is 1. The molecule has 0 radical (unpaired) electrons. The Morgan fingerprint density at radius 1 is 0.897 bits per heavy atom. The highest BCUT2D eigenvalue weighted by molar-refractivity contribution is 7.99. The Kier molecular flexibility index (Phi) is 5.35. The molecule has 2 heterocycles. The number of rotatable bonds is 4. The highest BCUT2D eigenvalue weighted by Crippen LogP contribution is 2.31. The zero-order valence-electron chi connectivity index (χ0n) is 15.4. The van der Waals surface area contributed by atoms with E-state index in [9.17, 15) is 19.2 Å². The van der Waals surface area contributed by atoms with E-state index in [4.69, 9.17) is 4.74 Å². The number of hydrogen-bond acceptors (Lipinski definition) is 6. The first-order valence-corrected chi connectivity index (χ1v) is 10.2. The van der Waals surface area contributed by atoms with Crippen LogP contribution in [0.15, 0.2) is 41.3 Å². The van der Waals surface area contributed by atoms with Crippen LogP contribution in [0.1, 0.15) is 39.1 Å². The van der Waals surface area contributed by atoms with E-state index in [1.807, 2.05) is 0 Å². The van der Waals surface area contributed by atoms with Crippen LogP contribution >= 0.6 is 11.8 Å². The summed E-state index contributed by atoms with van der Waals surface area (Å²) in [5.41, 5.74) is 2.88. The van der Waals surface area contributed by atoms with Crippen molar-refractivity contribution >= 4 is 46.7 Å². The molecule has 0 aliphatic carbocycles. The minimum atomic E-state index is -0.630. The fourth-order valence-corrected chi connectivity index (χ4v) is 4.14. The number of amides is 2. The van der Waals surface area contributed by atoms with Gasteiger partial charge in [0.1, 0.15) is 0 Å². The van der Waals surface area contributed by atoms with Gasteiger partial charge in [-0.05, 0) is 48.4 Å². The van der Waals surface area contributed by atoms with Crippen LogP contribution in [0.5, 0.6) is 0 Å². The number of benzene rings is 2. The lowest BCUT2D eigenvalue weighted by Crippen LogP contribution is -2.20. The highest BCUT2D eigenvalue weighted by atomic mass is 32.2. The van der Waals surface area contributed by atoms with Crippen molar-refractivity contribution in [3.63, 3.8) is 0 Å². The van der Waals surface area contributed by atoms with Crippen molar-refractivity contribution in [2.75, 3.05) is 23.0 Å². The van der Waals surface area contributed by atoms with Gasteiger partial charge >= 0.3 is 5.97 Å². The third kappa shape index (κ3) is 4.32. The number of nitrogens with one attached hydrogen (secondary N) is 2. The molecule has 2 aliphatic rings. The minimum Gasteiger partial charge on any atom is -0.454 e. The van der Waals surface area contributed by atoms with Crippen LogP contribution in [0.3, 0.4) is 0 Å². The van der Waals surface area contributed by atoms with Crippen LogP contribution < -0.4 is 10.6 Å². The smallest absolute Gasteiger partial charge is 0.338 e. The summed E-state index contributed by atoms with van der Waals surface area (Å²) < 4.78 is 5.18. The molecule has 0 unspecified atom stereocenters. The van der Waals surface area contributed by atoms with Crippen molar-refractivity contribution in [3.8, 4) is 0 Å². The maximum Gasteiger partial charge on any atom is 0.338 e. The predicted molar refractivity (Wildman–Crippen MR) is 108 cm³/mol. The normalized spacial score (nSPS) is 15.3. The molecule has 0 spiro atoms. The zero-order valence-corrected chi connectivity index (χ0v) is 16.3. The molecular formula is C21H18N2O5S. The molecule has 2 aliphatic heterocycles. The molecule has 2 amide bonds. The largest absolute Gasteiger partial charge is 0.454 e. The monoisotopic (exact) mass is 410 g/mol. The Hall–Kier alpha value is -3.13. The van der Waals surface area contributed by atoms with Gasteiger partial charge in [0.25, 0.3) is 0 Å². The lowest BCUT2D eigenvalue weighted by atomic mass is 9.99. The molecular weight excluding hydrogens is 392 g/mol. The summed E-state index contributed by atoms with van der Waals surface area (Å²) in [4.78, 5) is 48.8. The second-order valence-corrected chi connectivity index (χ2v) is 7.91. The number of ether oxygens (including phenoxy) is 1. The molecule has 2 aromatic rings. The Morgan fingerprint density at radius 2 is 1.66 bits per heavy atom. The van der Waals surface area contributed by atoms with Gasteiger partial charge in [-0.2, -0.15) is 0 Å². The number of Topliss-reactive ketones (excluding diaryl/α,β-unsaturated/α-hetero) is 1. The molecule has 0 fully saturated rings. The molecule has 0 saturated heterocycles. The number of ketones is 1. The number of carbonyl (C=O) groups excluding carboxylic acids is 4. The lowest BCUT2D eigenvalue weighted by Gasteiger charge is -2.17.